The molecular formula is C25H31N5O3S. The van der Waals surface area contributed by atoms with Gasteiger partial charge < -0.3 is 20.4 Å². The fourth-order valence-electron chi connectivity index (χ4n) is 4.70. The Kier molecular flexibility index (Phi) is 6.67. The Morgan fingerprint density at radius 1 is 1.26 bits per heavy atom. The Bertz CT molecular complexity index is 1230. The third-order valence-corrected chi connectivity index (χ3v) is 7.76. The van der Waals surface area contributed by atoms with E-state index in [2.05, 4.69) is 27.4 Å². The molecule has 1 aliphatic heterocycles. The van der Waals surface area contributed by atoms with Crippen molar-refractivity contribution in [3.63, 3.8) is 0 Å². The molecule has 9 heteroatoms. The number of nitrogens with zero attached hydrogens (tertiary/aromatic N) is 2. The minimum atomic E-state index is -0.170. The third kappa shape index (κ3) is 5.01. The van der Waals surface area contributed by atoms with E-state index in [-0.39, 0.29) is 17.5 Å². The van der Waals surface area contributed by atoms with E-state index in [9.17, 15) is 9.59 Å². The van der Waals surface area contributed by atoms with Gasteiger partial charge in [-0.3, -0.25) is 14.5 Å². The topological polar surface area (TPSA) is 99.3 Å². The number of aromatic amines is 1. The molecule has 1 amide bonds. The van der Waals surface area contributed by atoms with Crippen LogP contribution in [-0.2, 0) is 22.4 Å². The second-order valence-electron chi connectivity index (χ2n) is 9.36. The fourth-order valence-corrected chi connectivity index (χ4v) is 6.09. The van der Waals surface area contributed by atoms with Crippen molar-refractivity contribution in [2.45, 2.75) is 39.2 Å². The molecule has 2 aromatic heterocycles. The maximum Gasteiger partial charge on any atom is 0.259 e. The average molecular weight is 482 g/mol. The first-order valence-corrected chi connectivity index (χ1v) is 12.8. The number of aryl methyl sites for hydroxylation is 1. The number of nitrogens with one attached hydrogen (secondary N) is 3. The van der Waals surface area contributed by atoms with E-state index in [4.69, 9.17) is 9.72 Å². The number of H-pyrrole nitrogens is 1. The quantitative estimate of drug-likeness (QED) is 0.498. The van der Waals surface area contributed by atoms with E-state index in [0.717, 1.165) is 53.9 Å². The van der Waals surface area contributed by atoms with Crippen LogP contribution in [0.1, 0.15) is 42.6 Å². The minimum absolute atomic E-state index is 0.0286. The molecule has 3 heterocycles. The van der Waals surface area contributed by atoms with Crippen LogP contribution in [0.3, 0.4) is 0 Å². The Morgan fingerprint density at radius 2 is 2.00 bits per heavy atom. The van der Waals surface area contributed by atoms with Crippen LogP contribution in [0.2, 0.25) is 0 Å². The Hall–Kier alpha value is -2.75. The summed E-state index contributed by atoms with van der Waals surface area (Å²) in [5.74, 6) is 1.26. The lowest BCUT2D eigenvalue weighted by molar-refractivity contribution is -0.118. The van der Waals surface area contributed by atoms with Crippen LogP contribution in [-0.4, -0.2) is 53.6 Å². The van der Waals surface area contributed by atoms with Crippen molar-refractivity contribution in [3.8, 4) is 0 Å². The van der Waals surface area contributed by atoms with Gasteiger partial charge in [0.25, 0.3) is 5.56 Å². The minimum Gasteiger partial charge on any atom is -0.379 e. The molecule has 8 nitrogen and oxygen atoms in total. The number of hydrogen-bond donors (Lipinski definition) is 3. The van der Waals surface area contributed by atoms with Gasteiger partial charge in [0.2, 0.25) is 5.91 Å². The van der Waals surface area contributed by atoms with Gasteiger partial charge in [0.1, 0.15) is 10.7 Å². The van der Waals surface area contributed by atoms with Crippen molar-refractivity contribution >= 4 is 38.8 Å². The van der Waals surface area contributed by atoms with E-state index < -0.39 is 0 Å². The van der Waals surface area contributed by atoms with Gasteiger partial charge in [-0.1, -0.05) is 6.92 Å². The molecule has 1 fully saturated rings. The number of morpholine rings is 1. The van der Waals surface area contributed by atoms with Crippen LogP contribution in [0.4, 0.5) is 11.4 Å². The Balaban J connectivity index is 1.24. The van der Waals surface area contributed by atoms with Gasteiger partial charge in [-0.15, -0.1) is 11.3 Å². The number of aromatic nitrogens is 2. The summed E-state index contributed by atoms with van der Waals surface area (Å²) in [5, 5.41) is 7.13. The maximum atomic E-state index is 12.9. The lowest BCUT2D eigenvalue weighted by atomic mass is 9.89. The highest BCUT2D eigenvalue weighted by Gasteiger charge is 2.23. The smallest absolute Gasteiger partial charge is 0.259 e. The monoisotopic (exact) mass is 481 g/mol. The number of benzene rings is 1. The van der Waals surface area contributed by atoms with E-state index in [1.54, 1.807) is 11.3 Å². The molecule has 0 saturated carbocycles. The molecule has 0 spiro atoms. The van der Waals surface area contributed by atoms with Gasteiger partial charge in [0.15, 0.2) is 0 Å². The van der Waals surface area contributed by atoms with Crippen molar-refractivity contribution < 1.29 is 9.53 Å². The molecule has 1 aliphatic carbocycles. The molecule has 3 N–H and O–H groups in total. The molecule has 180 valence electrons. The number of rotatable bonds is 6. The number of ether oxygens (including phenoxy) is 1. The number of amides is 1. The highest BCUT2D eigenvalue weighted by atomic mass is 32.1. The summed E-state index contributed by atoms with van der Waals surface area (Å²) in [6.07, 6.45) is 3.12. The lowest BCUT2D eigenvalue weighted by Crippen LogP contribution is -2.41. The molecular weight excluding hydrogens is 450 g/mol. The van der Waals surface area contributed by atoms with Crippen molar-refractivity contribution in [1.29, 1.82) is 0 Å². The molecule has 34 heavy (non-hydrogen) atoms. The zero-order valence-corrected chi connectivity index (χ0v) is 20.5. The second kappa shape index (κ2) is 9.85. The summed E-state index contributed by atoms with van der Waals surface area (Å²) in [6, 6.07) is 7.42. The average Bonchev–Trinajstić information content (AvgIpc) is 3.18. The standard InChI is InChI=1S/C25H31N5O3S/c1-15-3-8-19-20(13-15)34-25-22(19)24(32)28-23(29-25)16(2)26-17-4-6-18(7-5-17)27-21(31)14-30-9-11-33-12-10-30/h4-7,15-16,26H,3,8-14H2,1-2H3,(H,27,31)(H,28,29,32)/t15-,16-/m0/s1. The van der Waals surface area contributed by atoms with Gasteiger partial charge in [0, 0.05) is 29.3 Å². The van der Waals surface area contributed by atoms with Crippen molar-refractivity contribution in [2.75, 3.05) is 43.5 Å². The van der Waals surface area contributed by atoms with Crippen molar-refractivity contribution in [3.05, 3.63) is 50.9 Å². The summed E-state index contributed by atoms with van der Waals surface area (Å²) >= 11 is 1.67. The highest BCUT2D eigenvalue weighted by Crippen LogP contribution is 2.36. The summed E-state index contributed by atoms with van der Waals surface area (Å²) < 4.78 is 5.32. The first-order valence-electron chi connectivity index (χ1n) is 12.0. The summed E-state index contributed by atoms with van der Waals surface area (Å²) in [7, 11) is 0. The number of thiophene rings is 1. The molecule has 5 rings (SSSR count). The third-order valence-electron chi connectivity index (χ3n) is 6.62. The summed E-state index contributed by atoms with van der Waals surface area (Å²) in [5.41, 5.74) is 2.80. The van der Waals surface area contributed by atoms with Crippen LogP contribution in [0.5, 0.6) is 0 Å². The molecule has 2 atom stereocenters. The van der Waals surface area contributed by atoms with Gasteiger partial charge >= 0.3 is 0 Å². The number of fused-ring (bicyclic) bond motifs is 3. The summed E-state index contributed by atoms with van der Waals surface area (Å²) in [4.78, 5) is 37.2. The van der Waals surface area contributed by atoms with E-state index >= 15 is 0 Å². The molecule has 1 aromatic carbocycles. The van der Waals surface area contributed by atoms with E-state index in [0.29, 0.717) is 31.5 Å². The van der Waals surface area contributed by atoms with Crippen LogP contribution in [0.25, 0.3) is 10.2 Å². The zero-order valence-electron chi connectivity index (χ0n) is 19.6. The van der Waals surface area contributed by atoms with Crippen LogP contribution in [0, 0.1) is 5.92 Å². The van der Waals surface area contributed by atoms with Crippen LogP contribution < -0.4 is 16.2 Å². The zero-order chi connectivity index (χ0) is 23.7. The lowest BCUT2D eigenvalue weighted by Gasteiger charge is -2.25. The number of hydrogen-bond acceptors (Lipinski definition) is 7. The fraction of sp³-hybridized carbons (Fsp3) is 0.480. The number of carbonyl (C=O) groups excluding carboxylic acids is 1. The number of anilines is 2. The first-order chi connectivity index (χ1) is 16.5. The van der Waals surface area contributed by atoms with Crippen molar-refractivity contribution in [2.24, 2.45) is 5.92 Å². The predicted octanol–water partition coefficient (Wildman–Crippen LogP) is 3.55. The molecule has 0 bridgehead atoms. The highest BCUT2D eigenvalue weighted by molar-refractivity contribution is 7.18. The van der Waals surface area contributed by atoms with Crippen LogP contribution >= 0.6 is 11.3 Å². The van der Waals surface area contributed by atoms with Crippen LogP contribution in [0.15, 0.2) is 29.1 Å². The van der Waals surface area contributed by atoms with Crippen molar-refractivity contribution in [1.82, 2.24) is 14.9 Å². The largest absolute Gasteiger partial charge is 0.379 e. The number of carbonyl (C=O) groups is 1. The molecule has 0 radical (unpaired) electrons. The molecule has 1 saturated heterocycles. The van der Waals surface area contributed by atoms with Gasteiger partial charge in [0.05, 0.1) is 31.2 Å². The molecule has 2 aliphatic rings. The molecule has 3 aromatic rings. The second-order valence-corrected chi connectivity index (χ2v) is 10.4. The van der Waals surface area contributed by atoms with E-state index in [1.807, 2.05) is 31.2 Å². The summed E-state index contributed by atoms with van der Waals surface area (Å²) in [6.45, 7) is 7.53. The van der Waals surface area contributed by atoms with Gasteiger partial charge in [-0.25, -0.2) is 4.98 Å². The SMILES string of the molecule is C[C@H]1CCc2c(sc3nc([C@H](C)Nc4ccc(NC(=O)CN5CCOCC5)cc4)[nH]c(=O)c23)C1. The molecule has 0 unspecified atom stereocenters. The van der Waals surface area contributed by atoms with Gasteiger partial charge in [-0.2, -0.15) is 0 Å². The van der Waals surface area contributed by atoms with E-state index in [1.165, 1.54) is 10.4 Å². The maximum absolute atomic E-state index is 12.9. The first kappa shape index (κ1) is 23.0. The van der Waals surface area contributed by atoms with Gasteiger partial charge in [-0.05, 0) is 61.9 Å². The Labute approximate surface area is 202 Å². The predicted molar refractivity (Wildman–Crippen MR) is 136 cm³/mol. The normalized spacial score (nSPS) is 19.5. The Morgan fingerprint density at radius 3 is 2.76 bits per heavy atom.